The molecule has 0 radical (unpaired) electrons. The third kappa shape index (κ3) is 5.69. The minimum Gasteiger partial charge on any atom is -0.348 e. The van der Waals surface area contributed by atoms with Crippen molar-refractivity contribution in [2.75, 3.05) is 39.8 Å². The van der Waals surface area contributed by atoms with E-state index in [1.807, 2.05) is 52.0 Å². The average Bonchev–Trinajstić information content (AvgIpc) is 3.08. The number of rotatable bonds is 7. The Morgan fingerprint density at radius 1 is 1.00 bits per heavy atom. The Morgan fingerprint density at radius 2 is 1.65 bits per heavy atom. The van der Waals surface area contributed by atoms with E-state index in [2.05, 4.69) is 49.4 Å². The predicted octanol–water partition coefficient (Wildman–Crippen LogP) is 2.54. The molecule has 0 spiro atoms. The Kier molecular flexibility index (Phi) is 7.38. The number of nitrogens with zero attached hydrogens (tertiary/aromatic N) is 6. The average molecular weight is 462 g/mol. The minimum absolute atomic E-state index is 0.00456. The lowest BCUT2D eigenvalue weighted by atomic mass is 10.0. The first kappa shape index (κ1) is 24.0. The standard InChI is InChI=1S/C26H35N7O/c1-18-15-19(2)28-26(27-18)33-21(4)23(20(3)30-33)16-25(34)29-24(22-9-7-6-8-10-22)17-32-13-11-31(5)12-14-32/h6-10,15,24H,11-14,16-17H2,1-5H3,(H,29,34). The van der Waals surface area contributed by atoms with E-state index in [1.165, 1.54) is 0 Å². The number of aryl methyl sites for hydroxylation is 3. The molecular formula is C26H35N7O. The van der Waals surface area contributed by atoms with Gasteiger partial charge in [-0.15, -0.1) is 0 Å². The highest BCUT2D eigenvalue weighted by Gasteiger charge is 2.23. The summed E-state index contributed by atoms with van der Waals surface area (Å²) in [6.45, 7) is 12.7. The second-order valence-corrected chi connectivity index (χ2v) is 9.32. The smallest absolute Gasteiger partial charge is 0.251 e. The van der Waals surface area contributed by atoms with Gasteiger partial charge in [0.25, 0.3) is 5.95 Å². The first-order valence-corrected chi connectivity index (χ1v) is 11.9. The highest BCUT2D eigenvalue weighted by atomic mass is 16.1. The fraction of sp³-hybridized carbons (Fsp3) is 0.462. The Hall–Kier alpha value is -3.10. The van der Waals surface area contributed by atoms with E-state index in [-0.39, 0.29) is 18.4 Å². The summed E-state index contributed by atoms with van der Waals surface area (Å²) in [4.78, 5) is 27.1. The van der Waals surface area contributed by atoms with Crippen LogP contribution in [0, 0.1) is 27.7 Å². The van der Waals surface area contributed by atoms with Crippen LogP contribution in [0.25, 0.3) is 5.95 Å². The molecule has 1 fully saturated rings. The number of amides is 1. The molecule has 1 aliphatic heterocycles. The quantitative estimate of drug-likeness (QED) is 0.583. The third-order valence-corrected chi connectivity index (χ3v) is 6.51. The van der Waals surface area contributed by atoms with Crippen molar-refractivity contribution in [2.45, 2.75) is 40.2 Å². The van der Waals surface area contributed by atoms with Gasteiger partial charge in [-0.3, -0.25) is 9.69 Å². The Labute approximate surface area is 202 Å². The fourth-order valence-electron chi connectivity index (χ4n) is 4.54. The van der Waals surface area contributed by atoms with Crippen LogP contribution in [0.3, 0.4) is 0 Å². The Bertz CT molecular complexity index is 1110. The predicted molar refractivity (Wildman–Crippen MR) is 133 cm³/mol. The van der Waals surface area contributed by atoms with Gasteiger partial charge in [-0.2, -0.15) is 5.10 Å². The maximum absolute atomic E-state index is 13.2. The number of benzene rings is 1. The van der Waals surface area contributed by atoms with Crippen LogP contribution < -0.4 is 5.32 Å². The Balaban J connectivity index is 1.51. The molecule has 3 heterocycles. The van der Waals surface area contributed by atoms with E-state index in [1.54, 1.807) is 4.68 Å². The molecule has 34 heavy (non-hydrogen) atoms. The number of carbonyl (C=O) groups is 1. The lowest BCUT2D eigenvalue weighted by Crippen LogP contribution is -2.48. The molecule has 1 aromatic carbocycles. The second-order valence-electron chi connectivity index (χ2n) is 9.32. The van der Waals surface area contributed by atoms with E-state index in [4.69, 9.17) is 0 Å². The van der Waals surface area contributed by atoms with Crippen LogP contribution in [-0.2, 0) is 11.2 Å². The van der Waals surface area contributed by atoms with Crippen LogP contribution in [0.4, 0.5) is 0 Å². The van der Waals surface area contributed by atoms with Gasteiger partial charge in [0, 0.05) is 55.4 Å². The second kappa shape index (κ2) is 10.4. The van der Waals surface area contributed by atoms with Gasteiger partial charge < -0.3 is 10.2 Å². The monoisotopic (exact) mass is 461 g/mol. The van der Waals surface area contributed by atoms with Crippen LogP contribution in [0.15, 0.2) is 36.4 Å². The molecule has 8 heteroatoms. The zero-order chi connectivity index (χ0) is 24.2. The van der Waals surface area contributed by atoms with Gasteiger partial charge in [-0.05, 0) is 46.4 Å². The molecular weight excluding hydrogens is 426 g/mol. The number of aromatic nitrogens is 4. The molecule has 3 aromatic rings. The Morgan fingerprint density at radius 3 is 2.29 bits per heavy atom. The number of hydrogen-bond donors (Lipinski definition) is 1. The molecule has 1 N–H and O–H groups in total. The van der Waals surface area contributed by atoms with Crippen LogP contribution in [0.5, 0.6) is 0 Å². The molecule has 1 saturated heterocycles. The number of likely N-dealkylation sites (N-methyl/N-ethyl adjacent to an activating group) is 1. The van der Waals surface area contributed by atoms with Gasteiger partial charge in [0.1, 0.15) is 0 Å². The zero-order valence-corrected chi connectivity index (χ0v) is 20.9. The summed E-state index contributed by atoms with van der Waals surface area (Å²) in [5, 5.41) is 7.95. The van der Waals surface area contributed by atoms with Gasteiger partial charge >= 0.3 is 0 Å². The molecule has 0 aliphatic carbocycles. The number of nitrogens with one attached hydrogen (secondary N) is 1. The first-order chi connectivity index (χ1) is 16.3. The van der Waals surface area contributed by atoms with Crippen LogP contribution >= 0.6 is 0 Å². The fourth-order valence-corrected chi connectivity index (χ4v) is 4.54. The number of hydrogen-bond acceptors (Lipinski definition) is 6. The van der Waals surface area contributed by atoms with Crippen LogP contribution in [-0.4, -0.2) is 75.2 Å². The largest absolute Gasteiger partial charge is 0.348 e. The summed E-state index contributed by atoms with van der Waals surface area (Å²) in [7, 11) is 2.15. The molecule has 2 aromatic heterocycles. The number of piperazine rings is 1. The van der Waals surface area contributed by atoms with Crippen molar-refractivity contribution in [3.63, 3.8) is 0 Å². The van der Waals surface area contributed by atoms with Crippen LogP contribution in [0.2, 0.25) is 0 Å². The summed E-state index contributed by atoms with van der Waals surface area (Å²) in [5.74, 6) is 0.539. The van der Waals surface area contributed by atoms with E-state index >= 15 is 0 Å². The molecule has 1 atom stereocenters. The van der Waals surface area contributed by atoms with E-state index < -0.39 is 0 Å². The molecule has 0 bridgehead atoms. The van der Waals surface area contributed by atoms with Crippen molar-refractivity contribution in [3.05, 3.63) is 70.3 Å². The lowest BCUT2D eigenvalue weighted by Gasteiger charge is -2.35. The van der Waals surface area contributed by atoms with E-state index in [9.17, 15) is 4.79 Å². The summed E-state index contributed by atoms with van der Waals surface area (Å²) in [5.41, 5.74) is 5.56. The van der Waals surface area contributed by atoms with Crippen molar-refractivity contribution >= 4 is 5.91 Å². The van der Waals surface area contributed by atoms with Gasteiger partial charge in [0.15, 0.2) is 0 Å². The highest BCUT2D eigenvalue weighted by Crippen LogP contribution is 2.19. The number of carbonyl (C=O) groups excluding carboxylic acids is 1. The molecule has 1 amide bonds. The molecule has 0 saturated carbocycles. The third-order valence-electron chi connectivity index (χ3n) is 6.51. The molecule has 4 rings (SSSR count). The molecule has 8 nitrogen and oxygen atoms in total. The zero-order valence-electron chi connectivity index (χ0n) is 20.9. The van der Waals surface area contributed by atoms with Gasteiger partial charge in [-0.1, -0.05) is 30.3 Å². The van der Waals surface area contributed by atoms with Crippen molar-refractivity contribution < 1.29 is 4.79 Å². The summed E-state index contributed by atoms with van der Waals surface area (Å²) in [6, 6.07) is 12.1. The van der Waals surface area contributed by atoms with Crippen molar-refractivity contribution in [3.8, 4) is 5.95 Å². The minimum atomic E-state index is -0.0597. The van der Waals surface area contributed by atoms with E-state index in [0.717, 1.165) is 66.6 Å². The topological polar surface area (TPSA) is 79.2 Å². The van der Waals surface area contributed by atoms with Crippen molar-refractivity contribution in [1.29, 1.82) is 0 Å². The normalized spacial score (nSPS) is 15.9. The maximum Gasteiger partial charge on any atom is 0.251 e. The maximum atomic E-state index is 13.2. The molecule has 1 unspecified atom stereocenters. The summed E-state index contributed by atoms with van der Waals surface area (Å²) in [6.07, 6.45) is 0.272. The van der Waals surface area contributed by atoms with Gasteiger partial charge in [0.05, 0.1) is 18.2 Å². The highest BCUT2D eigenvalue weighted by molar-refractivity contribution is 5.79. The van der Waals surface area contributed by atoms with Crippen molar-refractivity contribution in [1.82, 2.24) is 34.9 Å². The molecule has 1 aliphatic rings. The lowest BCUT2D eigenvalue weighted by molar-refractivity contribution is -0.121. The van der Waals surface area contributed by atoms with Crippen molar-refractivity contribution in [2.24, 2.45) is 0 Å². The van der Waals surface area contributed by atoms with Gasteiger partial charge in [-0.25, -0.2) is 14.6 Å². The molecule has 180 valence electrons. The summed E-state index contributed by atoms with van der Waals surface area (Å²) < 4.78 is 1.75. The SMILES string of the molecule is Cc1cc(C)nc(-n2nc(C)c(CC(=O)NC(CN3CCN(C)CC3)c3ccccc3)c2C)n1. The first-order valence-electron chi connectivity index (χ1n) is 11.9. The summed E-state index contributed by atoms with van der Waals surface area (Å²) >= 11 is 0. The van der Waals surface area contributed by atoms with Gasteiger partial charge in [0.2, 0.25) is 5.91 Å². The van der Waals surface area contributed by atoms with Crippen LogP contribution in [0.1, 0.15) is 39.9 Å². The van der Waals surface area contributed by atoms with E-state index in [0.29, 0.717) is 5.95 Å².